The Morgan fingerprint density at radius 3 is 1.83 bits per heavy atom. The Labute approximate surface area is 160 Å². The molecule has 0 atom stereocenters. The van der Waals surface area contributed by atoms with E-state index in [1.54, 1.807) is 60.7 Å². The normalized spacial score (nSPS) is 15.6. The molecule has 1 fully saturated rings. The van der Waals surface area contributed by atoms with Gasteiger partial charge in [0, 0.05) is 0 Å². The molecule has 0 spiro atoms. The van der Waals surface area contributed by atoms with Gasteiger partial charge >= 0.3 is 35.6 Å². The number of nitrogens with zero attached hydrogens (tertiary/aromatic N) is 1. The molecule has 24 heavy (non-hydrogen) atoms. The van der Waals surface area contributed by atoms with Crippen molar-refractivity contribution in [2.45, 2.75) is 5.54 Å². The number of imide groups is 1. The van der Waals surface area contributed by atoms with E-state index >= 15 is 0 Å². The van der Waals surface area contributed by atoms with E-state index in [0.717, 1.165) is 0 Å². The Kier molecular flexibility index (Phi) is 5.43. The molecule has 0 bridgehead atoms. The van der Waals surface area contributed by atoms with E-state index in [1.807, 2.05) is 0 Å². The zero-order valence-corrected chi connectivity index (χ0v) is 15.1. The molecule has 2 aromatic rings. The molecular formula is C17H13N2NaO4. The summed E-state index contributed by atoms with van der Waals surface area (Å²) in [4.78, 5) is 36.6. The average molecular weight is 332 g/mol. The van der Waals surface area contributed by atoms with Crippen LogP contribution < -0.4 is 40.0 Å². The first kappa shape index (κ1) is 18.2. The van der Waals surface area contributed by atoms with Crippen LogP contribution in [0.2, 0.25) is 0 Å². The van der Waals surface area contributed by atoms with E-state index in [4.69, 9.17) is 0 Å². The van der Waals surface area contributed by atoms with E-state index in [9.17, 15) is 19.5 Å². The van der Waals surface area contributed by atoms with Gasteiger partial charge in [-0.1, -0.05) is 60.7 Å². The molecule has 1 N–H and O–H groups in total. The van der Waals surface area contributed by atoms with Gasteiger partial charge in [-0.2, -0.15) is 0 Å². The minimum Gasteiger partial charge on any atom is -0.548 e. The first-order valence-corrected chi connectivity index (χ1v) is 7.00. The molecule has 116 valence electrons. The number of hydrogen-bond acceptors (Lipinski definition) is 4. The van der Waals surface area contributed by atoms with Crippen LogP contribution in [-0.2, 0) is 15.1 Å². The fourth-order valence-corrected chi connectivity index (χ4v) is 2.78. The maximum Gasteiger partial charge on any atom is 1.00 e. The fraction of sp³-hybridized carbons (Fsp3) is 0.118. The van der Waals surface area contributed by atoms with E-state index in [-0.39, 0.29) is 29.6 Å². The van der Waals surface area contributed by atoms with Gasteiger partial charge in [0.1, 0.15) is 0 Å². The summed E-state index contributed by atoms with van der Waals surface area (Å²) in [5, 5.41) is 13.5. The number of nitrogens with one attached hydrogen (secondary N) is 1. The van der Waals surface area contributed by atoms with Gasteiger partial charge in [0.2, 0.25) is 0 Å². The molecule has 7 heteroatoms. The Bertz CT molecular complexity index is 725. The maximum absolute atomic E-state index is 12.9. The van der Waals surface area contributed by atoms with Gasteiger partial charge in [-0.05, 0) is 11.1 Å². The number of amides is 3. The zero-order chi connectivity index (χ0) is 16.4. The second-order valence-corrected chi connectivity index (χ2v) is 5.18. The van der Waals surface area contributed by atoms with Gasteiger partial charge in [-0.25, -0.2) is 4.79 Å². The van der Waals surface area contributed by atoms with Crippen LogP contribution in [0.1, 0.15) is 11.1 Å². The summed E-state index contributed by atoms with van der Waals surface area (Å²) in [7, 11) is 0. The summed E-state index contributed by atoms with van der Waals surface area (Å²) in [5.41, 5.74) is -0.314. The van der Waals surface area contributed by atoms with Crippen molar-refractivity contribution in [3.8, 4) is 0 Å². The Hall–Kier alpha value is -2.15. The number of urea groups is 1. The molecule has 0 saturated carbocycles. The average Bonchev–Trinajstić information content (AvgIpc) is 2.82. The molecule has 1 saturated heterocycles. The summed E-state index contributed by atoms with van der Waals surface area (Å²) in [5.74, 6) is -2.13. The quantitative estimate of drug-likeness (QED) is 0.485. The Morgan fingerprint density at radius 1 is 0.958 bits per heavy atom. The minimum absolute atomic E-state index is 0. The van der Waals surface area contributed by atoms with Crippen LogP contribution >= 0.6 is 0 Å². The van der Waals surface area contributed by atoms with Crippen molar-refractivity contribution in [3.05, 3.63) is 71.8 Å². The summed E-state index contributed by atoms with van der Waals surface area (Å²) in [6.45, 7) is -0.786. The summed E-state index contributed by atoms with van der Waals surface area (Å²) >= 11 is 0. The number of benzene rings is 2. The summed E-state index contributed by atoms with van der Waals surface area (Å²) in [6, 6.07) is 16.7. The van der Waals surface area contributed by atoms with E-state index in [1.165, 1.54) is 0 Å². The molecule has 3 rings (SSSR count). The van der Waals surface area contributed by atoms with Crippen LogP contribution in [0.4, 0.5) is 4.79 Å². The van der Waals surface area contributed by atoms with E-state index in [0.29, 0.717) is 16.0 Å². The van der Waals surface area contributed by atoms with Crippen molar-refractivity contribution < 1.29 is 49.0 Å². The van der Waals surface area contributed by atoms with E-state index < -0.39 is 30.0 Å². The van der Waals surface area contributed by atoms with Crippen LogP contribution in [0.25, 0.3) is 0 Å². The molecule has 1 aliphatic rings. The molecule has 1 aliphatic heterocycles. The number of carbonyl (C=O) groups excluding carboxylic acids is 3. The number of carboxylic acids is 1. The first-order chi connectivity index (χ1) is 11.1. The third-order valence-corrected chi connectivity index (χ3v) is 3.81. The maximum atomic E-state index is 12.9. The molecule has 1 heterocycles. The second-order valence-electron chi connectivity index (χ2n) is 5.18. The van der Waals surface area contributed by atoms with Crippen molar-refractivity contribution >= 4 is 17.9 Å². The van der Waals surface area contributed by atoms with Crippen LogP contribution in [0.15, 0.2) is 60.7 Å². The summed E-state index contributed by atoms with van der Waals surface area (Å²) < 4.78 is 0. The first-order valence-electron chi connectivity index (χ1n) is 7.00. The fourth-order valence-electron chi connectivity index (χ4n) is 2.78. The predicted octanol–water partition coefficient (Wildman–Crippen LogP) is -2.76. The number of aliphatic carboxylic acids is 1. The van der Waals surface area contributed by atoms with Gasteiger partial charge in [0.25, 0.3) is 5.91 Å². The van der Waals surface area contributed by atoms with Gasteiger partial charge in [-0.15, -0.1) is 0 Å². The number of hydrogen-bond donors (Lipinski definition) is 1. The largest absolute Gasteiger partial charge is 1.00 e. The third-order valence-electron chi connectivity index (χ3n) is 3.81. The Balaban J connectivity index is 0.00000208. The monoisotopic (exact) mass is 332 g/mol. The zero-order valence-electron chi connectivity index (χ0n) is 13.1. The second kappa shape index (κ2) is 7.17. The van der Waals surface area contributed by atoms with Gasteiger partial charge in [0.15, 0.2) is 5.54 Å². The van der Waals surface area contributed by atoms with Crippen LogP contribution in [-0.4, -0.2) is 29.4 Å². The molecule has 2 aromatic carbocycles. The molecular weight excluding hydrogens is 319 g/mol. The number of carbonyl (C=O) groups is 3. The minimum atomic E-state index is -1.49. The molecule has 0 radical (unpaired) electrons. The number of rotatable bonds is 4. The van der Waals surface area contributed by atoms with Crippen molar-refractivity contribution in [3.63, 3.8) is 0 Å². The third kappa shape index (κ3) is 2.96. The van der Waals surface area contributed by atoms with Crippen molar-refractivity contribution in [1.82, 2.24) is 10.2 Å². The van der Waals surface area contributed by atoms with Crippen LogP contribution in [0, 0.1) is 0 Å². The van der Waals surface area contributed by atoms with Crippen LogP contribution in [0.5, 0.6) is 0 Å². The van der Waals surface area contributed by atoms with Crippen molar-refractivity contribution in [2.75, 3.05) is 6.54 Å². The Morgan fingerprint density at radius 2 is 1.42 bits per heavy atom. The number of carboxylic acid groups (broad SMARTS) is 1. The standard InChI is InChI=1S/C17H14N2O4.Na/c20-14(21)11-19-15(22)17(18-16(19)23,12-7-3-1-4-8-12)13-9-5-2-6-10-13;/h1-10H,11H2,(H,18,23)(H,20,21);/q;+1/p-1. The van der Waals surface area contributed by atoms with Gasteiger partial charge in [0.05, 0.1) is 12.5 Å². The van der Waals surface area contributed by atoms with Gasteiger partial charge < -0.3 is 15.2 Å². The van der Waals surface area contributed by atoms with E-state index in [2.05, 4.69) is 5.32 Å². The molecule has 3 amide bonds. The molecule has 0 aromatic heterocycles. The molecule has 0 aliphatic carbocycles. The van der Waals surface area contributed by atoms with Gasteiger partial charge in [-0.3, -0.25) is 9.69 Å². The smallest absolute Gasteiger partial charge is 0.548 e. The molecule has 6 nitrogen and oxygen atoms in total. The van der Waals surface area contributed by atoms with Crippen molar-refractivity contribution in [1.29, 1.82) is 0 Å². The van der Waals surface area contributed by atoms with Crippen LogP contribution in [0.3, 0.4) is 0 Å². The molecule has 0 unspecified atom stereocenters. The topological polar surface area (TPSA) is 89.5 Å². The van der Waals surface area contributed by atoms with Crippen molar-refractivity contribution in [2.24, 2.45) is 0 Å². The predicted molar refractivity (Wildman–Crippen MR) is 78.9 cm³/mol. The summed E-state index contributed by atoms with van der Waals surface area (Å²) in [6.07, 6.45) is 0. The SMILES string of the molecule is O=C([O-])CN1C(=O)NC(c2ccccc2)(c2ccccc2)C1=O.[Na+].